The molecule has 1 saturated heterocycles. The van der Waals surface area contributed by atoms with Crippen LogP contribution in [0.5, 0.6) is 0 Å². The Labute approximate surface area is 77.8 Å². The summed E-state index contributed by atoms with van der Waals surface area (Å²) in [5, 5.41) is 0. The Balaban J connectivity index is 2.63. The fraction of sp³-hybridized carbons (Fsp3) is 0.600. The molecule has 0 radical (unpaired) electrons. The molecule has 72 valence electrons. The summed E-state index contributed by atoms with van der Waals surface area (Å²) >= 11 is 0. The molecule has 0 aromatic heterocycles. The van der Waals surface area contributed by atoms with E-state index in [1.807, 2.05) is 6.92 Å². The molecule has 3 nitrogen and oxygen atoms in total. The number of carbonyl (C=O) groups excluding carboxylic acids is 2. The fourth-order valence-corrected chi connectivity index (χ4v) is 1.46. The molecular weight excluding hydrogens is 168 g/mol. The predicted octanol–water partition coefficient (Wildman–Crippen LogP) is 1.47. The normalized spacial score (nSPS) is 27.5. The number of ether oxygens (including phenoxy) is 1. The van der Waals surface area contributed by atoms with Gasteiger partial charge in [-0.3, -0.25) is 9.59 Å². The van der Waals surface area contributed by atoms with Crippen LogP contribution >= 0.6 is 0 Å². The zero-order chi connectivity index (χ0) is 9.84. The van der Waals surface area contributed by atoms with Crippen LogP contribution in [0.3, 0.4) is 0 Å². The summed E-state index contributed by atoms with van der Waals surface area (Å²) in [6.45, 7) is 5.46. The maximum Gasteiger partial charge on any atom is 0.317 e. The molecule has 0 aromatic rings. The van der Waals surface area contributed by atoms with E-state index in [2.05, 4.69) is 6.58 Å². The minimum Gasteiger partial charge on any atom is -0.454 e. The van der Waals surface area contributed by atoms with E-state index in [4.69, 9.17) is 4.74 Å². The van der Waals surface area contributed by atoms with Crippen molar-refractivity contribution < 1.29 is 14.3 Å². The average molecular weight is 182 g/mol. The van der Waals surface area contributed by atoms with Crippen molar-refractivity contribution in [2.45, 2.75) is 32.3 Å². The third-order valence-corrected chi connectivity index (χ3v) is 2.16. The van der Waals surface area contributed by atoms with Gasteiger partial charge in [-0.2, -0.15) is 0 Å². The van der Waals surface area contributed by atoms with Crippen LogP contribution in [0.25, 0.3) is 0 Å². The van der Waals surface area contributed by atoms with Crippen molar-refractivity contribution in [3.05, 3.63) is 12.7 Å². The number of carbonyl (C=O) groups is 2. The first kappa shape index (κ1) is 9.96. The van der Waals surface area contributed by atoms with Gasteiger partial charge in [0.15, 0.2) is 11.9 Å². The van der Waals surface area contributed by atoms with Gasteiger partial charge in [-0.1, -0.05) is 19.4 Å². The van der Waals surface area contributed by atoms with Gasteiger partial charge in [0, 0.05) is 0 Å². The third-order valence-electron chi connectivity index (χ3n) is 2.16. The highest BCUT2D eigenvalue weighted by Crippen LogP contribution is 2.23. The summed E-state index contributed by atoms with van der Waals surface area (Å²) in [4.78, 5) is 22.7. The van der Waals surface area contributed by atoms with Crippen LogP contribution < -0.4 is 0 Å². The van der Waals surface area contributed by atoms with Gasteiger partial charge in [0.25, 0.3) is 0 Å². The highest BCUT2D eigenvalue weighted by molar-refractivity contribution is 6.06. The van der Waals surface area contributed by atoms with Gasteiger partial charge < -0.3 is 4.74 Å². The quantitative estimate of drug-likeness (QED) is 0.375. The second kappa shape index (κ2) is 4.21. The summed E-state index contributed by atoms with van der Waals surface area (Å²) in [7, 11) is 0. The maximum absolute atomic E-state index is 11.5. The topological polar surface area (TPSA) is 43.4 Å². The fourth-order valence-electron chi connectivity index (χ4n) is 1.46. The second-order valence-corrected chi connectivity index (χ2v) is 3.19. The minimum absolute atomic E-state index is 0.0771. The first-order valence-corrected chi connectivity index (χ1v) is 4.55. The van der Waals surface area contributed by atoms with Crippen molar-refractivity contribution in [2.75, 3.05) is 0 Å². The molecular formula is C10H14O3. The third kappa shape index (κ3) is 1.97. The molecule has 1 aliphatic heterocycles. The lowest BCUT2D eigenvalue weighted by Crippen LogP contribution is -2.19. The molecule has 1 heterocycles. The summed E-state index contributed by atoms with van der Waals surface area (Å²) < 4.78 is 4.94. The molecule has 0 aromatic carbocycles. The Morgan fingerprint density at radius 2 is 2.23 bits per heavy atom. The molecule has 1 rings (SSSR count). The summed E-state index contributed by atoms with van der Waals surface area (Å²) in [5.41, 5.74) is 0. The summed E-state index contributed by atoms with van der Waals surface area (Å²) in [6, 6.07) is 0. The second-order valence-electron chi connectivity index (χ2n) is 3.19. The van der Waals surface area contributed by atoms with Crippen molar-refractivity contribution in [1.82, 2.24) is 0 Å². The number of esters is 1. The Morgan fingerprint density at radius 1 is 1.54 bits per heavy atom. The number of allylic oxidation sites excluding steroid dienone is 1. The molecule has 0 aliphatic carbocycles. The molecule has 3 heteroatoms. The van der Waals surface area contributed by atoms with E-state index >= 15 is 0 Å². The SMILES string of the molecule is C=CCC1C(=O)O[C@H](CCC)C1=O. The standard InChI is InChI=1S/C10H14O3/c1-3-5-7-9(11)8(6-4-2)13-10(7)12/h3,7-8H,1,4-6H2,2H3/t7?,8-/m1/s1. The average Bonchev–Trinajstić information content (AvgIpc) is 2.34. The first-order chi connectivity index (χ1) is 6.20. The van der Waals surface area contributed by atoms with Gasteiger partial charge >= 0.3 is 5.97 Å². The van der Waals surface area contributed by atoms with Gasteiger partial charge in [0.1, 0.15) is 5.92 Å². The van der Waals surface area contributed by atoms with Crippen LogP contribution in [0.4, 0.5) is 0 Å². The number of rotatable bonds is 4. The van der Waals surface area contributed by atoms with Gasteiger partial charge in [0.2, 0.25) is 0 Å². The highest BCUT2D eigenvalue weighted by atomic mass is 16.6. The van der Waals surface area contributed by atoms with Crippen LogP contribution in [-0.2, 0) is 14.3 Å². The number of cyclic esters (lactones) is 1. The highest BCUT2D eigenvalue weighted by Gasteiger charge is 2.41. The number of hydrogen-bond acceptors (Lipinski definition) is 3. The van der Waals surface area contributed by atoms with E-state index in [9.17, 15) is 9.59 Å². The number of Topliss-reactive ketones (excluding diaryl/α,β-unsaturated/α-hetero) is 1. The molecule has 0 N–H and O–H groups in total. The summed E-state index contributed by atoms with van der Waals surface area (Å²) in [6.07, 6.45) is 2.97. The van der Waals surface area contributed by atoms with Gasteiger partial charge in [-0.15, -0.1) is 6.58 Å². The molecule has 0 saturated carbocycles. The molecule has 1 aliphatic rings. The van der Waals surface area contributed by atoms with Crippen LogP contribution in [0, 0.1) is 5.92 Å². The smallest absolute Gasteiger partial charge is 0.317 e. The number of ketones is 1. The van der Waals surface area contributed by atoms with Gasteiger partial charge in [-0.25, -0.2) is 0 Å². The van der Waals surface area contributed by atoms with E-state index in [0.717, 1.165) is 6.42 Å². The first-order valence-electron chi connectivity index (χ1n) is 4.55. The van der Waals surface area contributed by atoms with Gasteiger partial charge in [0.05, 0.1) is 0 Å². The van der Waals surface area contributed by atoms with E-state index in [1.54, 1.807) is 6.08 Å². The Bertz CT molecular complexity index is 232. The molecule has 2 atom stereocenters. The van der Waals surface area contributed by atoms with E-state index in [1.165, 1.54) is 0 Å². The molecule has 0 spiro atoms. The zero-order valence-corrected chi connectivity index (χ0v) is 7.79. The van der Waals surface area contributed by atoms with Crippen molar-refractivity contribution in [2.24, 2.45) is 5.92 Å². The Kier molecular flexibility index (Phi) is 3.23. The van der Waals surface area contributed by atoms with E-state index in [-0.39, 0.29) is 11.8 Å². The van der Waals surface area contributed by atoms with Crippen LogP contribution in [0.1, 0.15) is 26.2 Å². The Hall–Kier alpha value is -1.12. The van der Waals surface area contributed by atoms with Crippen LogP contribution in [-0.4, -0.2) is 17.9 Å². The molecule has 0 amide bonds. The minimum atomic E-state index is -0.589. The summed E-state index contributed by atoms with van der Waals surface area (Å²) in [5.74, 6) is -1.05. The van der Waals surface area contributed by atoms with Crippen molar-refractivity contribution in [3.8, 4) is 0 Å². The van der Waals surface area contributed by atoms with Crippen LogP contribution in [0.2, 0.25) is 0 Å². The van der Waals surface area contributed by atoms with E-state index < -0.39 is 12.0 Å². The van der Waals surface area contributed by atoms with Crippen molar-refractivity contribution >= 4 is 11.8 Å². The molecule has 1 unspecified atom stereocenters. The predicted molar refractivity (Wildman–Crippen MR) is 48.1 cm³/mol. The molecule has 13 heavy (non-hydrogen) atoms. The van der Waals surface area contributed by atoms with Crippen molar-refractivity contribution in [1.29, 1.82) is 0 Å². The molecule has 1 fully saturated rings. The van der Waals surface area contributed by atoms with E-state index in [0.29, 0.717) is 12.8 Å². The maximum atomic E-state index is 11.5. The molecule has 0 bridgehead atoms. The van der Waals surface area contributed by atoms with Crippen molar-refractivity contribution in [3.63, 3.8) is 0 Å². The lowest BCUT2D eigenvalue weighted by molar-refractivity contribution is -0.144. The van der Waals surface area contributed by atoms with Crippen LogP contribution in [0.15, 0.2) is 12.7 Å². The lowest BCUT2D eigenvalue weighted by Gasteiger charge is -2.03. The monoisotopic (exact) mass is 182 g/mol. The lowest BCUT2D eigenvalue weighted by atomic mass is 9.98. The number of hydrogen-bond donors (Lipinski definition) is 0. The largest absolute Gasteiger partial charge is 0.454 e. The Morgan fingerprint density at radius 3 is 2.77 bits per heavy atom. The van der Waals surface area contributed by atoms with Gasteiger partial charge in [-0.05, 0) is 12.8 Å². The zero-order valence-electron chi connectivity index (χ0n) is 7.79.